The predicted molar refractivity (Wildman–Crippen MR) is 145 cm³/mol. The van der Waals surface area contributed by atoms with E-state index in [0.717, 1.165) is 29.2 Å². The third kappa shape index (κ3) is 11.6. The van der Waals surface area contributed by atoms with Crippen molar-refractivity contribution >= 4 is 23.6 Å². The molecule has 0 spiro atoms. The Morgan fingerprint density at radius 2 is 1.42 bits per heavy atom. The molecule has 0 atom stereocenters. The molecule has 0 N–H and O–H groups in total. The summed E-state index contributed by atoms with van der Waals surface area (Å²) >= 11 is 1.69. The molecule has 0 bridgehead atoms. The van der Waals surface area contributed by atoms with Gasteiger partial charge in [0.2, 0.25) is 0 Å². The number of ketones is 1. The Morgan fingerprint density at radius 1 is 0.818 bits per heavy atom. The van der Waals surface area contributed by atoms with E-state index in [-0.39, 0.29) is 5.78 Å². The van der Waals surface area contributed by atoms with Crippen LogP contribution in [0, 0.1) is 0 Å². The van der Waals surface area contributed by atoms with Gasteiger partial charge in [0, 0.05) is 10.5 Å². The molecule has 2 nitrogen and oxygen atoms in total. The summed E-state index contributed by atoms with van der Waals surface area (Å²) in [5.41, 5.74) is 1.69. The fourth-order valence-electron chi connectivity index (χ4n) is 3.91. The predicted octanol–water partition coefficient (Wildman–Crippen LogP) is 9.38. The first kappa shape index (κ1) is 27.2. The highest BCUT2D eigenvalue weighted by atomic mass is 32.2. The van der Waals surface area contributed by atoms with Crippen molar-refractivity contribution in [2.45, 2.75) is 88.9 Å². The Hall–Kier alpha value is -2.00. The van der Waals surface area contributed by atoms with Gasteiger partial charge in [0.1, 0.15) is 5.75 Å². The smallest absolute Gasteiger partial charge is 0.185 e. The van der Waals surface area contributed by atoms with Crippen molar-refractivity contribution in [2.75, 3.05) is 12.9 Å². The van der Waals surface area contributed by atoms with Crippen LogP contribution < -0.4 is 4.74 Å². The molecular formula is C30H42O2S. The number of benzene rings is 2. The average Bonchev–Trinajstić information content (AvgIpc) is 2.86. The van der Waals surface area contributed by atoms with E-state index < -0.39 is 0 Å². The highest BCUT2D eigenvalue weighted by Crippen LogP contribution is 2.29. The molecule has 0 aromatic heterocycles. The lowest BCUT2D eigenvalue weighted by Gasteiger charge is -2.11. The molecule has 2 aromatic carbocycles. The molecule has 33 heavy (non-hydrogen) atoms. The first-order valence-corrected chi connectivity index (χ1v) is 14.1. The number of carbonyl (C=O) groups excluding carboxylic acids is 1. The number of ether oxygens (including phenoxy) is 1. The zero-order valence-electron chi connectivity index (χ0n) is 20.7. The van der Waals surface area contributed by atoms with Crippen LogP contribution in [0.15, 0.2) is 59.5 Å². The van der Waals surface area contributed by atoms with Gasteiger partial charge < -0.3 is 4.74 Å². The molecule has 0 unspecified atom stereocenters. The summed E-state index contributed by atoms with van der Waals surface area (Å²) in [6, 6.07) is 15.5. The van der Waals surface area contributed by atoms with Crippen LogP contribution in [0.5, 0.6) is 5.75 Å². The molecule has 0 fully saturated rings. The van der Waals surface area contributed by atoms with Crippen LogP contribution in [-0.2, 0) is 0 Å². The fourth-order valence-corrected chi connectivity index (χ4v) is 4.43. The zero-order chi connectivity index (χ0) is 23.6. The third-order valence-electron chi connectivity index (χ3n) is 5.93. The molecule has 0 amide bonds. The van der Waals surface area contributed by atoms with E-state index in [9.17, 15) is 4.79 Å². The van der Waals surface area contributed by atoms with Gasteiger partial charge in [-0.25, -0.2) is 0 Å². The van der Waals surface area contributed by atoms with Gasteiger partial charge in [0.05, 0.1) is 6.61 Å². The van der Waals surface area contributed by atoms with Crippen LogP contribution in [0.1, 0.15) is 99.9 Å². The van der Waals surface area contributed by atoms with Crippen molar-refractivity contribution < 1.29 is 9.53 Å². The van der Waals surface area contributed by atoms with Crippen LogP contribution in [0.3, 0.4) is 0 Å². The quantitative estimate of drug-likeness (QED) is 0.0947. The largest absolute Gasteiger partial charge is 0.492 e. The SMILES string of the molecule is CCCCCCCCCCCCCCOc1cc(C=CC(=O)c2ccccc2)ccc1SC. The van der Waals surface area contributed by atoms with Gasteiger partial charge in [-0.15, -0.1) is 11.8 Å². The number of unbranched alkanes of at least 4 members (excludes halogenated alkanes) is 11. The Bertz CT molecular complexity index is 813. The van der Waals surface area contributed by atoms with Gasteiger partial charge in [-0.2, -0.15) is 0 Å². The molecule has 0 saturated carbocycles. The van der Waals surface area contributed by atoms with Crippen molar-refractivity contribution in [3.05, 3.63) is 65.7 Å². The lowest BCUT2D eigenvalue weighted by atomic mass is 10.1. The van der Waals surface area contributed by atoms with Crippen molar-refractivity contribution in [1.82, 2.24) is 0 Å². The van der Waals surface area contributed by atoms with Gasteiger partial charge in [0.25, 0.3) is 0 Å². The first-order valence-electron chi connectivity index (χ1n) is 12.8. The molecule has 0 heterocycles. The van der Waals surface area contributed by atoms with Gasteiger partial charge >= 0.3 is 0 Å². The van der Waals surface area contributed by atoms with Crippen molar-refractivity contribution in [1.29, 1.82) is 0 Å². The maximum atomic E-state index is 12.3. The monoisotopic (exact) mass is 466 g/mol. The topological polar surface area (TPSA) is 26.3 Å². The summed E-state index contributed by atoms with van der Waals surface area (Å²) < 4.78 is 6.11. The summed E-state index contributed by atoms with van der Waals surface area (Å²) in [5, 5.41) is 0. The Labute approximate surface area is 206 Å². The van der Waals surface area contributed by atoms with E-state index in [1.165, 1.54) is 70.6 Å². The lowest BCUT2D eigenvalue weighted by Crippen LogP contribution is -1.99. The number of hydrogen-bond donors (Lipinski definition) is 0. The second-order valence-electron chi connectivity index (χ2n) is 8.71. The zero-order valence-corrected chi connectivity index (χ0v) is 21.5. The fraction of sp³-hybridized carbons (Fsp3) is 0.500. The van der Waals surface area contributed by atoms with E-state index in [4.69, 9.17) is 4.74 Å². The number of allylic oxidation sites excluding steroid dienone is 1. The summed E-state index contributed by atoms with van der Waals surface area (Å²) in [7, 11) is 0. The molecule has 2 aromatic rings. The third-order valence-corrected chi connectivity index (χ3v) is 6.71. The molecule has 2 rings (SSSR count). The van der Waals surface area contributed by atoms with Crippen LogP contribution in [-0.4, -0.2) is 18.6 Å². The van der Waals surface area contributed by atoms with E-state index in [1.54, 1.807) is 17.8 Å². The van der Waals surface area contributed by atoms with Crippen LogP contribution in [0.2, 0.25) is 0 Å². The minimum atomic E-state index is 0.0171. The van der Waals surface area contributed by atoms with Crippen LogP contribution in [0.4, 0.5) is 0 Å². The van der Waals surface area contributed by atoms with Crippen molar-refractivity contribution in [3.8, 4) is 5.75 Å². The van der Waals surface area contributed by atoms with Gasteiger partial charge in [-0.3, -0.25) is 4.79 Å². The number of carbonyl (C=O) groups is 1. The van der Waals surface area contributed by atoms with E-state index in [0.29, 0.717) is 5.56 Å². The molecule has 0 aliphatic carbocycles. The maximum Gasteiger partial charge on any atom is 0.185 e. The minimum Gasteiger partial charge on any atom is -0.492 e. The molecule has 0 aliphatic heterocycles. The second-order valence-corrected chi connectivity index (χ2v) is 9.56. The summed E-state index contributed by atoms with van der Waals surface area (Å²) in [5.74, 6) is 0.934. The van der Waals surface area contributed by atoms with Gasteiger partial charge in [0.15, 0.2) is 5.78 Å². The van der Waals surface area contributed by atoms with Crippen LogP contribution >= 0.6 is 11.8 Å². The average molecular weight is 467 g/mol. The first-order chi connectivity index (χ1) is 16.2. The second kappa shape index (κ2) is 17.5. The number of hydrogen-bond acceptors (Lipinski definition) is 3. The van der Waals surface area contributed by atoms with Gasteiger partial charge in [-0.1, -0.05) is 120 Å². The Balaban J connectivity index is 1.65. The standard InChI is InChI=1S/C30H42O2S/c1-3-4-5-6-7-8-9-10-11-12-13-17-24-32-29-25-26(21-23-30(29)33-2)20-22-28(31)27-18-15-14-16-19-27/h14-16,18-23,25H,3-13,17,24H2,1-2H3. The van der Waals surface area contributed by atoms with Crippen molar-refractivity contribution in [2.24, 2.45) is 0 Å². The lowest BCUT2D eigenvalue weighted by molar-refractivity contribution is 0.104. The van der Waals surface area contributed by atoms with Gasteiger partial charge in [-0.05, 0) is 36.4 Å². The van der Waals surface area contributed by atoms with E-state index in [2.05, 4.69) is 19.2 Å². The Kier molecular flexibility index (Phi) is 14.4. The van der Waals surface area contributed by atoms with E-state index >= 15 is 0 Å². The molecule has 0 saturated heterocycles. The van der Waals surface area contributed by atoms with Crippen LogP contribution in [0.25, 0.3) is 6.08 Å². The molecule has 0 radical (unpaired) electrons. The normalized spacial score (nSPS) is 11.2. The summed E-state index contributed by atoms with van der Waals surface area (Å²) in [6.07, 6.45) is 21.7. The molecular weight excluding hydrogens is 424 g/mol. The van der Waals surface area contributed by atoms with E-state index in [1.807, 2.05) is 48.5 Å². The minimum absolute atomic E-state index is 0.0171. The maximum absolute atomic E-state index is 12.3. The molecule has 0 aliphatic rings. The highest BCUT2D eigenvalue weighted by molar-refractivity contribution is 7.98. The summed E-state index contributed by atoms with van der Waals surface area (Å²) in [6.45, 7) is 3.03. The molecule has 3 heteroatoms. The highest BCUT2D eigenvalue weighted by Gasteiger charge is 2.05. The number of rotatable bonds is 18. The Morgan fingerprint density at radius 3 is 2.03 bits per heavy atom. The molecule has 180 valence electrons. The number of thioether (sulfide) groups is 1. The summed E-state index contributed by atoms with van der Waals surface area (Å²) in [4.78, 5) is 13.5. The van der Waals surface area contributed by atoms with Crippen molar-refractivity contribution in [3.63, 3.8) is 0 Å².